The number of fused-ring (bicyclic) bond motifs is 1. The molecule has 0 fully saturated rings. The van der Waals surface area contributed by atoms with E-state index >= 15 is 0 Å². The Labute approximate surface area is 88.3 Å². The van der Waals surface area contributed by atoms with Crippen LogP contribution in [-0.4, -0.2) is 9.91 Å². The minimum Gasteiger partial charge on any atom is -0.258 e. The van der Waals surface area contributed by atoms with Crippen LogP contribution in [0.4, 0.5) is 5.69 Å². The Kier molecular flexibility index (Phi) is 2.13. The van der Waals surface area contributed by atoms with E-state index in [9.17, 15) is 10.1 Å². The van der Waals surface area contributed by atoms with Crippen LogP contribution in [-0.2, 0) is 0 Å². The average molecular weight is 229 g/mol. The summed E-state index contributed by atoms with van der Waals surface area (Å²) in [7, 11) is 0. The monoisotopic (exact) mass is 228 g/mol. The lowest BCUT2D eigenvalue weighted by atomic mass is 10.2. The van der Waals surface area contributed by atoms with E-state index in [2.05, 4.69) is 4.98 Å². The number of nitro groups is 1. The van der Waals surface area contributed by atoms with Gasteiger partial charge in [0.15, 0.2) is 4.47 Å². The summed E-state index contributed by atoms with van der Waals surface area (Å²) in [6.45, 7) is 1.70. The Morgan fingerprint density at radius 2 is 2.29 bits per heavy atom. The molecule has 1 aromatic heterocycles. The van der Waals surface area contributed by atoms with Crippen molar-refractivity contribution in [2.24, 2.45) is 0 Å². The molecular weight excluding hydrogens is 224 g/mol. The maximum absolute atomic E-state index is 10.8. The number of rotatable bonds is 1. The Morgan fingerprint density at radius 3 is 2.93 bits per heavy atom. The van der Waals surface area contributed by atoms with E-state index in [1.165, 1.54) is 0 Å². The zero-order chi connectivity index (χ0) is 10.3. The lowest BCUT2D eigenvalue weighted by Gasteiger charge is -1.96. The first kappa shape index (κ1) is 9.36. The fourth-order valence-corrected chi connectivity index (χ4v) is 2.46. The van der Waals surface area contributed by atoms with Crippen molar-refractivity contribution < 1.29 is 4.92 Å². The van der Waals surface area contributed by atoms with Gasteiger partial charge < -0.3 is 0 Å². The molecule has 1 aromatic carbocycles. The van der Waals surface area contributed by atoms with Gasteiger partial charge >= 0.3 is 0 Å². The molecule has 0 spiro atoms. The van der Waals surface area contributed by atoms with Gasteiger partial charge in [-0.3, -0.25) is 10.1 Å². The molecule has 0 saturated heterocycles. The molecule has 0 amide bonds. The molecule has 14 heavy (non-hydrogen) atoms. The molecule has 2 aromatic rings. The zero-order valence-electron chi connectivity index (χ0n) is 7.15. The summed E-state index contributed by atoms with van der Waals surface area (Å²) in [6.07, 6.45) is 0. The van der Waals surface area contributed by atoms with Gasteiger partial charge in [-0.05, 0) is 13.0 Å². The molecule has 0 aliphatic carbocycles. The molecule has 6 heteroatoms. The van der Waals surface area contributed by atoms with E-state index in [4.69, 9.17) is 11.6 Å². The SMILES string of the molecule is Cc1ccc2nc(Cl)sc2c1[N+](=O)[O-]. The van der Waals surface area contributed by atoms with Crippen LogP contribution in [0.2, 0.25) is 4.47 Å². The second-order valence-electron chi connectivity index (χ2n) is 2.80. The van der Waals surface area contributed by atoms with Crippen molar-refractivity contribution in [1.82, 2.24) is 4.98 Å². The second kappa shape index (κ2) is 3.18. The smallest absolute Gasteiger partial charge is 0.258 e. The van der Waals surface area contributed by atoms with Crippen molar-refractivity contribution in [3.63, 3.8) is 0 Å². The van der Waals surface area contributed by atoms with E-state index in [0.29, 0.717) is 20.2 Å². The largest absolute Gasteiger partial charge is 0.291 e. The standard InChI is InChI=1S/C8H5ClN2O2S/c1-4-2-3-5-7(6(4)11(12)13)14-8(9)10-5/h2-3H,1H3. The highest BCUT2D eigenvalue weighted by molar-refractivity contribution is 7.22. The van der Waals surface area contributed by atoms with E-state index in [1.807, 2.05) is 0 Å². The third kappa shape index (κ3) is 1.34. The molecule has 1 heterocycles. The minimum atomic E-state index is -0.397. The van der Waals surface area contributed by atoms with Crippen LogP contribution in [0.25, 0.3) is 10.2 Å². The van der Waals surface area contributed by atoms with E-state index < -0.39 is 4.92 Å². The number of nitrogens with zero attached hydrogens (tertiary/aromatic N) is 2. The van der Waals surface area contributed by atoms with Crippen molar-refractivity contribution in [2.75, 3.05) is 0 Å². The molecule has 0 radical (unpaired) electrons. The topological polar surface area (TPSA) is 56.0 Å². The third-order valence-corrected chi connectivity index (χ3v) is 3.07. The molecule has 72 valence electrons. The van der Waals surface area contributed by atoms with Crippen molar-refractivity contribution in [3.8, 4) is 0 Å². The Balaban J connectivity index is 2.88. The van der Waals surface area contributed by atoms with Crippen LogP contribution in [0, 0.1) is 17.0 Å². The maximum Gasteiger partial charge on any atom is 0.291 e. The van der Waals surface area contributed by atoms with E-state index in [-0.39, 0.29) is 5.69 Å². The first-order chi connectivity index (χ1) is 6.59. The summed E-state index contributed by atoms with van der Waals surface area (Å²) < 4.78 is 0.869. The quantitative estimate of drug-likeness (QED) is 0.556. The normalized spacial score (nSPS) is 10.7. The predicted octanol–water partition coefficient (Wildman–Crippen LogP) is 3.17. The van der Waals surface area contributed by atoms with Crippen LogP contribution < -0.4 is 0 Å². The molecule has 0 N–H and O–H groups in total. The number of aromatic nitrogens is 1. The van der Waals surface area contributed by atoms with Crippen molar-refractivity contribution in [2.45, 2.75) is 6.92 Å². The molecule has 2 rings (SSSR count). The van der Waals surface area contributed by atoms with Gasteiger partial charge in [-0.1, -0.05) is 29.0 Å². The summed E-state index contributed by atoms with van der Waals surface area (Å²) >= 11 is 6.83. The third-order valence-electron chi connectivity index (χ3n) is 1.89. The van der Waals surface area contributed by atoms with Gasteiger partial charge in [0.25, 0.3) is 5.69 Å². The Morgan fingerprint density at radius 1 is 1.57 bits per heavy atom. The van der Waals surface area contributed by atoms with E-state index in [1.54, 1.807) is 19.1 Å². The average Bonchev–Trinajstić information content (AvgIpc) is 2.43. The van der Waals surface area contributed by atoms with Crippen molar-refractivity contribution in [1.29, 1.82) is 0 Å². The highest BCUT2D eigenvalue weighted by atomic mass is 35.5. The van der Waals surface area contributed by atoms with Gasteiger partial charge in [-0.25, -0.2) is 4.98 Å². The van der Waals surface area contributed by atoms with Gasteiger partial charge in [0, 0.05) is 5.56 Å². The summed E-state index contributed by atoms with van der Waals surface area (Å²) in [5.74, 6) is 0. The van der Waals surface area contributed by atoms with Crippen LogP contribution in [0.5, 0.6) is 0 Å². The fourth-order valence-electron chi connectivity index (χ4n) is 1.28. The maximum atomic E-state index is 10.8. The first-order valence-corrected chi connectivity index (χ1v) is 4.99. The highest BCUT2D eigenvalue weighted by Crippen LogP contribution is 2.35. The summed E-state index contributed by atoms with van der Waals surface area (Å²) in [5.41, 5.74) is 1.31. The number of halogens is 1. The number of benzene rings is 1. The van der Waals surface area contributed by atoms with Gasteiger partial charge in [0.2, 0.25) is 0 Å². The van der Waals surface area contributed by atoms with Gasteiger partial charge in [0.05, 0.1) is 10.4 Å². The number of hydrogen-bond acceptors (Lipinski definition) is 4. The summed E-state index contributed by atoms with van der Waals surface area (Å²) in [4.78, 5) is 14.4. The number of aryl methyl sites for hydroxylation is 1. The number of nitro benzene ring substituents is 1. The van der Waals surface area contributed by atoms with Crippen molar-refractivity contribution >= 4 is 38.8 Å². The van der Waals surface area contributed by atoms with Gasteiger partial charge in [-0.2, -0.15) is 0 Å². The lowest BCUT2D eigenvalue weighted by Crippen LogP contribution is -1.91. The number of thiazole rings is 1. The molecule has 0 unspecified atom stereocenters. The summed E-state index contributed by atoms with van der Waals surface area (Å²) in [5, 5.41) is 10.8. The molecule has 0 atom stereocenters. The molecule has 0 aliphatic rings. The van der Waals surface area contributed by atoms with Gasteiger partial charge in [0.1, 0.15) is 4.70 Å². The lowest BCUT2D eigenvalue weighted by molar-refractivity contribution is -0.383. The molecule has 0 aliphatic heterocycles. The predicted molar refractivity (Wildman–Crippen MR) is 56.0 cm³/mol. The molecule has 4 nitrogen and oxygen atoms in total. The molecular formula is C8H5ClN2O2S. The van der Waals surface area contributed by atoms with Crippen LogP contribution in [0.1, 0.15) is 5.56 Å². The van der Waals surface area contributed by atoms with E-state index in [0.717, 1.165) is 11.3 Å². The Hall–Kier alpha value is -1.20. The fraction of sp³-hybridized carbons (Fsp3) is 0.125. The molecule has 0 saturated carbocycles. The Bertz CT molecular complexity index is 523. The first-order valence-electron chi connectivity index (χ1n) is 3.79. The van der Waals surface area contributed by atoms with Crippen LogP contribution in [0.15, 0.2) is 12.1 Å². The molecule has 0 bridgehead atoms. The van der Waals surface area contributed by atoms with Crippen molar-refractivity contribution in [3.05, 3.63) is 32.3 Å². The second-order valence-corrected chi connectivity index (χ2v) is 4.38. The van der Waals surface area contributed by atoms with Crippen LogP contribution in [0.3, 0.4) is 0 Å². The van der Waals surface area contributed by atoms with Crippen LogP contribution >= 0.6 is 22.9 Å². The van der Waals surface area contributed by atoms with Gasteiger partial charge in [-0.15, -0.1) is 0 Å². The number of hydrogen-bond donors (Lipinski definition) is 0. The zero-order valence-corrected chi connectivity index (χ0v) is 8.72. The minimum absolute atomic E-state index is 0.104. The summed E-state index contributed by atoms with van der Waals surface area (Å²) in [6, 6.07) is 3.41. The highest BCUT2D eigenvalue weighted by Gasteiger charge is 2.18.